The topological polar surface area (TPSA) is 53.4 Å². The van der Waals surface area contributed by atoms with Crippen molar-refractivity contribution in [1.82, 2.24) is 4.98 Å². The van der Waals surface area contributed by atoms with Crippen molar-refractivity contribution in [3.05, 3.63) is 35.0 Å². The molecule has 0 aliphatic heterocycles. The number of thiazole rings is 1. The third kappa shape index (κ3) is 2.05. The summed E-state index contributed by atoms with van der Waals surface area (Å²) in [5.74, 6) is -0.551. The molecule has 1 heterocycles. The molecule has 1 unspecified atom stereocenters. The molecular weight excluding hydrogens is 229 g/mol. The molecule has 0 saturated carbocycles. The molecule has 84 valence electrons. The minimum atomic E-state index is -0.778. The number of hydrogen-bond donors (Lipinski definition) is 2. The Bertz CT molecular complexity index is 510. The Hall–Kier alpha value is -1.46. The quantitative estimate of drug-likeness (QED) is 0.847. The molecule has 16 heavy (non-hydrogen) atoms. The van der Waals surface area contributed by atoms with Gasteiger partial charge in [0, 0.05) is 5.56 Å². The Kier molecular flexibility index (Phi) is 2.89. The first-order chi connectivity index (χ1) is 7.58. The van der Waals surface area contributed by atoms with E-state index in [9.17, 15) is 14.6 Å². The second-order valence-electron chi connectivity index (χ2n) is 3.39. The number of aliphatic hydroxyl groups excluding tert-OH is 1. The van der Waals surface area contributed by atoms with E-state index in [1.54, 1.807) is 19.1 Å². The van der Waals surface area contributed by atoms with Gasteiger partial charge in [0.05, 0.1) is 11.0 Å². The first-order valence-electron chi connectivity index (χ1n) is 4.71. The van der Waals surface area contributed by atoms with Gasteiger partial charge in [0.2, 0.25) is 5.88 Å². The van der Waals surface area contributed by atoms with E-state index in [4.69, 9.17) is 0 Å². The smallest absolute Gasteiger partial charge is 0.228 e. The number of nitrogens with zero attached hydrogens (tertiary/aromatic N) is 1. The van der Waals surface area contributed by atoms with Gasteiger partial charge in [0.15, 0.2) is 0 Å². The molecule has 3 nitrogen and oxygen atoms in total. The van der Waals surface area contributed by atoms with Gasteiger partial charge in [-0.15, -0.1) is 11.3 Å². The van der Waals surface area contributed by atoms with Gasteiger partial charge >= 0.3 is 0 Å². The van der Waals surface area contributed by atoms with E-state index in [1.165, 1.54) is 12.1 Å². The predicted octanol–water partition coefficient (Wildman–Crippen LogP) is 2.71. The Morgan fingerprint density at radius 1 is 1.44 bits per heavy atom. The molecule has 1 atom stereocenters. The molecule has 5 heteroatoms. The molecule has 0 bridgehead atoms. The molecule has 1 aromatic carbocycles. The maximum atomic E-state index is 13.0. The standard InChI is InChI=1S/C11H10FNO2S/c1-6(14)9-10(15)13-11(16-9)7-3-2-4-8(12)5-7/h2-6,14-15H,1H3. The molecule has 2 N–H and O–H groups in total. The molecule has 0 radical (unpaired) electrons. The van der Waals surface area contributed by atoms with E-state index in [0.717, 1.165) is 11.3 Å². The molecular formula is C11H10FNO2S. The van der Waals surface area contributed by atoms with Crippen LogP contribution in [0.1, 0.15) is 17.9 Å². The van der Waals surface area contributed by atoms with Crippen LogP contribution in [0.2, 0.25) is 0 Å². The Labute approximate surface area is 95.8 Å². The second kappa shape index (κ2) is 4.19. The van der Waals surface area contributed by atoms with Crippen LogP contribution in [0, 0.1) is 5.82 Å². The number of aromatic nitrogens is 1. The molecule has 2 rings (SSSR count). The zero-order valence-corrected chi connectivity index (χ0v) is 9.33. The summed E-state index contributed by atoms with van der Waals surface area (Å²) in [6.07, 6.45) is -0.778. The molecule has 0 amide bonds. The normalized spacial score (nSPS) is 12.7. The highest BCUT2D eigenvalue weighted by Gasteiger charge is 2.15. The van der Waals surface area contributed by atoms with Gasteiger partial charge in [-0.3, -0.25) is 0 Å². The van der Waals surface area contributed by atoms with Crippen LogP contribution in [-0.4, -0.2) is 15.2 Å². The predicted molar refractivity (Wildman–Crippen MR) is 59.8 cm³/mol. The molecule has 0 aliphatic carbocycles. The van der Waals surface area contributed by atoms with Crippen LogP contribution in [0.3, 0.4) is 0 Å². The first-order valence-corrected chi connectivity index (χ1v) is 5.53. The minimum Gasteiger partial charge on any atom is -0.492 e. The zero-order valence-electron chi connectivity index (χ0n) is 8.51. The third-order valence-corrected chi connectivity index (χ3v) is 3.35. The molecule has 2 aromatic rings. The van der Waals surface area contributed by atoms with Gasteiger partial charge in [-0.05, 0) is 19.1 Å². The lowest BCUT2D eigenvalue weighted by Gasteiger charge is -1.97. The number of aromatic hydroxyl groups is 1. The van der Waals surface area contributed by atoms with Crippen molar-refractivity contribution >= 4 is 11.3 Å². The minimum absolute atomic E-state index is 0.195. The van der Waals surface area contributed by atoms with Crippen molar-refractivity contribution in [3.63, 3.8) is 0 Å². The van der Waals surface area contributed by atoms with Crippen LogP contribution in [0.15, 0.2) is 24.3 Å². The largest absolute Gasteiger partial charge is 0.492 e. The van der Waals surface area contributed by atoms with Gasteiger partial charge < -0.3 is 10.2 Å². The lowest BCUT2D eigenvalue weighted by atomic mass is 10.2. The van der Waals surface area contributed by atoms with E-state index in [1.807, 2.05) is 0 Å². The number of halogens is 1. The fraction of sp³-hybridized carbons (Fsp3) is 0.182. The summed E-state index contributed by atoms with van der Waals surface area (Å²) in [6.45, 7) is 1.54. The number of benzene rings is 1. The highest BCUT2D eigenvalue weighted by atomic mass is 32.1. The summed E-state index contributed by atoms with van der Waals surface area (Å²) < 4.78 is 13.0. The molecule has 0 saturated heterocycles. The Morgan fingerprint density at radius 2 is 2.19 bits per heavy atom. The van der Waals surface area contributed by atoms with E-state index >= 15 is 0 Å². The van der Waals surface area contributed by atoms with Crippen molar-refractivity contribution < 1.29 is 14.6 Å². The maximum Gasteiger partial charge on any atom is 0.228 e. The number of rotatable bonds is 2. The van der Waals surface area contributed by atoms with Gasteiger partial charge in [-0.2, -0.15) is 0 Å². The summed E-state index contributed by atoms with van der Waals surface area (Å²) in [7, 11) is 0. The van der Waals surface area contributed by atoms with Gasteiger partial charge in [-0.1, -0.05) is 12.1 Å². The molecule has 0 spiro atoms. The monoisotopic (exact) mass is 239 g/mol. The summed E-state index contributed by atoms with van der Waals surface area (Å²) in [4.78, 5) is 4.28. The SMILES string of the molecule is CC(O)c1sc(-c2cccc(F)c2)nc1O. The average Bonchev–Trinajstić information content (AvgIpc) is 2.60. The molecule has 0 fully saturated rings. The summed E-state index contributed by atoms with van der Waals surface area (Å²) in [5, 5.41) is 19.3. The Balaban J connectivity index is 2.45. The highest BCUT2D eigenvalue weighted by molar-refractivity contribution is 7.15. The summed E-state index contributed by atoms with van der Waals surface area (Å²) in [5.41, 5.74) is 0.590. The van der Waals surface area contributed by atoms with Gasteiger partial charge in [0.1, 0.15) is 10.8 Å². The lowest BCUT2D eigenvalue weighted by Crippen LogP contribution is -1.85. The van der Waals surface area contributed by atoms with E-state index in [0.29, 0.717) is 15.4 Å². The van der Waals surface area contributed by atoms with Crippen LogP contribution in [0.25, 0.3) is 10.6 Å². The zero-order chi connectivity index (χ0) is 11.7. The van der Waals surface area contributed by atoms with Crippen LogP contribution in [0.5, 0.6) is 5.88 Å². The van der Waals surface area contributed by atoms with E-state index < -0.39 is 6.10 Å². The van der Waals surface area contributed by atoms with Crippen LogP contribution in [0.4, 0.5) is 4.39 Å². The lowest BCUT2D eigenvalue weighted by molar-refractivity contribution is 0.198. The second-order valence-corrected chi connectivity index (χ2v) is 4.42. The van der Waals surface area contributed by atoms with E-state index in [-0.39, 0.29) is 11.7 Å². The van der Waals surface area contributed by atoms with Gasteiger partial charge in [-0.25, -0.2) is 9.37 Å². The third-order valence-electron chi connectivity index (χ3n) is 2.09. The van der Waals surface area contributed by atoms with Crippen molar-refractivity contribution in [1.29, 1.82) is 0 Å². The summed E-state index contributed by atoms with van der Waals surface area (Å²) >= 11 is 1.15. The van der Waals surface area contributed by atoms with Crippen molar-refractivity contribution in [2.75, 3.05) is 0 Å². The summed E-state index contributed by atoms with van der Waals surface area (Å²) in [6, 6.07) is 5.95. The maximum absolute atomic E-state index is 13.0. The van der Waals surface area contributed by atoms with Crippen molar-refractivity contribution in [2.24, 2.45) is 0 Å². The van der Waals surface area contributed by atoms with Crippen molar-refractivity contribution in [3.8, 4) is 16.5 Å². The fourth-order valence-electron chi connectivity index (χ4n) is 1.34. The molecule has 1 aromatic heterocycles. The average molecular weight is 239 g/mol. The van der Waals surface area contributed by atoms with Crippen LogP contribution < -0.4 is 0 Å². The number of aliphatic hydroxyl groups is 1. The van der Waals surface area contributed by atoms with Crippen molar-refractivity contribution in [2.45, 2.75) is 13.0 Å². The number of hydrogen-bond acceptors (Lipinski definition) is 4. The van der Waals surface area contributed by atoms with Gasteiger partial charge in [0.25, 0.3) is 0 Å². The molecule has 0 aliphatic rings. The fourth-order valence-corrected chi connectivity index (χ4v) is 2.23. The Morgan fingerprint density at radius 3 is 2.75 bits per heavy atom. The highest BCUT2D eigenvalue weighted by Crippen LogP contribution is 2.35. The van der Waals surface area contributed by atoms with Crippen LogP contribution in [-0.2, 0) is 0 Å². The van der Waals surface area contributed by atoms with E-state index in [2.05, 4.69) is 4.98 Å². The first kappa shape index (κ1) is 11.0. The van der Waals surface area contributed by atoms with Crippen LogP contribution >= 0.6 is 11.3 Å².